The Morgan fingerprint density at radius 2 is 1.76 bits per heavy atom. The van der Waals surface area contributed by atoms with Gasteiger partial charge in [-0.1, -0.05) is 18.2 Å². The highest BCUT2D eigenvalue weighted by Gasteiger charge is 2.17. The summed E-state index contributed by atoms with van der Waals surface area (Å²) in [5, 5.41) is 8.83. The van der Waals surface area contributed by atoms with Crippen molar-refractivity contribution < 1.29 is 18.7 Å². The van der Waals surface area contributed by atoms with Crippen LogP contribution in [0.3, 0.4) is 0 Å². The first kappa shape index (κ1) is 20.4. The normalized spacial score (nSPS) is 12.6. The van der Waals surface area contributed by atoms with Crippen molar-refractivity contribution in [3.63, 3.8) is 0 Å². The van der Waals surface area contributed by atoms with Crippen LogP contribution in [0.5, 0.6) is 11.5 Å². The Morgan fingerprint density at radius 3 is 2.55 bits per heavy atom. The van der Waals surface area contributed by atoms with Crippen molar-refractivity contribution in [1.29, 1.82) is 0 Å². The first-order chi connectivity index (χ1) is 16.2. The minimum absolute atomic E-state index is 0.306. The molecule has 5 rings (SSSR count). The van der Waals surface area contributed by atoms with E-state index < -0.39 is 11.7 Å². The molecule has 164 valence electrons. The van der Waals surface area contributed by atoms with Crippen LogP contribution < -0.4 is 14.9 Å². The maximum Gasteiger partial charge on any atom is 0.271 e. The molecule has 1 aliphatic rings. The number of benzene rings is 3. The number of amides is 1. The van der Waals surface area contributed by atoms with Gasteiger partial charge in [-0.3, -0.25) is 4.79 Å². The summed E-state index contributed by atoms with van der Waals surface area (Å²) < 4.78 is 26.2. The second-order valence-corrected chi connectivity index (χ2v) is 7.28. The fraction of sp³-hybridized carbons (Fsp3) is 0.0800. The SMILES string of the molecule is O=C(NN=Cc1cn(-c2ccccc2)nc1-c1ccc2c(c1)OCCO2)c1ccc(F)cc1. The van der Waals surface area contributed by atoms with E-state index in [2.05, 4.69) is 10.5 Å². The third-order valence-corrected chi connectivity index (χ3v) is 5.06. The minimum Gasteiger partial charge on any atom is -0.486 e. The first-order valence-electron chi connectivity index (χ1n) is 10.3. The lowest BCUT2D eigenvalue weighted by atomic mass is 10.1. The van der Waals surface area contributed by atoms with Crippen molar-refractivity contribution in [2.45, 2.75) is 0 Å². The van der Waals surface area contributed by atoms with Gasteiger partial charge in [-0.15, -0.1) is 0 Å². The predicted octanol–water partition coefficient (Wildman–Crippen LogP) is 4.21. The van der Waals surface area contributed by atoms with Crippen molar-refractivity contribution in [2.24, 2.45) is 5.10 Å². The summed E-state index contributed by atoms with van der Waals surface area (Å²) in [7, 11) is 0. The van der Waals surface area contributed by atoms with Gasteiger partial charge in [0.05, 0.1) is 11.9 Å². The van der Waals surface area contributed by atoms with E-state index in [1.165, 1.54) is 30.5 Å². The Balaban J connectivity index is 1.46. The topological polar surface area (TPSA) is 77.7 Å². The summed E-state index contributed by atoms with van der Waals surface area (Å²) in [6, 6.07) is 20.5. The fourth-order valence-electron chi connectivity index (χ4n) is 3.44. The molecular formula is C25H19FN4O3. The monoisotopic (exact) mass is 442 g/mol. The molecule has 33 heavy (non-hydrogen) atoms. The van der Waals surface area contributed by atoms with E-state index in [1.807, 2.05) is 54.7 Å². The Hall–Kier alpha value is -4.46. The van der Waals surface area contributed by atoms with E-state index in [1.54, 1.807) is 4.68 Å². The largest absolute Gasteiger partial charge is 0.486 e. The second-order valence-electron chi connectivity index (χ2n) is 7.28. The molecule has 1 aliphatic heterocycles. The molecule has 0 aliphatic carbocycles. The molecule has 0 saturated carbocycles. The van der Waals surface area contributed by atoms with E-state index in [9.17, 15) is 9.18 Å². The molecule has 0 bridgehead atoms. The van der Waals surface area contributed by atoms with Crippen LogP contribution in [0.15, 0.2) is 84.1 Å². The van der Waals surface area contributed by atoms with Crippen LogP contribution in [0.4, 0.5) is 4.39 Å². The fourth-order valence-corrected chi connectivity index (χ4v) is 3.44. The zero-order valence-electron chi connectivity index (χ0n) is 17.4. The molecule has 0 atom stereocenters. The van der Waals surface area contributed by atoms with Gasteiger partial charge in [0.1, 0.15) is 24.7 Å². The van der Waals surface area contributed by atoms with E-state index in [0.717, 1.165) is 11.3 Å². The zero-order valence-corrected chi connectivity index (χ0v) is 17.4. The molecule has 4 aromatic rings. The Labute approximate surface area is 189 Å². The molecule has 0 radical (unpaired) electrons. The highest BCUT2D eigenvalue weighted by Crippen LogP contribution is 2.35. The van der Waals surface area contributed by atoms with Crippen LogP contribution in [0.1, 0.15) is 15.9 Å². The van der Waals surface area contributed by atoms with Gasteiger partial charge in [0, 0.05) is 22.9 Å². The van der Waals surface area contributed by atoms with E-state index in [4.69, 9.17) is 14.6 Å². The summed E-state index contributed by atoms with van der Waals surface area (Å²) >= 11 is 0. The van der Waals surface area contributed by atoms with Gasteiger partial charge in [0.25, 0.3) is 5.91 Å². The third-order valence-electron chi connectivity index (χ3n) is 5.06. The molecule has 0 saturated heterocycles. The molecule has 3 aromatic carbocycles. The highest BCUT2D eigenvalue weighted by atomic mass is 19.1. The van der Waals surface area contributed by atoms with Crippen LogP contribution in [0.25, 0.3) is 16.9 Å². The van der Waals surface area contributed by atoms with Gasteiger partial charge in [-0.25, -0.2) is 14.5 Å². The van der Waals surface area contributed by atoms with E-state index in [0.29, 0.717) is 41.5 Å². The van der Waals surface area contributed by atoms with Gasteiger partial charge in [-0.05, 0) is 54.6 Å². The lowest BCUT2D eigenvalue weighted by Gasteiger charge is -2.18. The zero-order chi connectivity index (χ0) is 22.6. The first-order valence-corrected chi connectivity index (χ1v) is 10.3. The average molecular weight is 442 g/mol. The Bertz CT molecular complexity index is 1320. The van der Waals surface area contributed by atoms with Gasteiger partial charge >= 0.3 is 0 Å². The lowest BCUT2D eigenvalue weighted by molar-refractivity contribution is 0.0955. The number of halogens is 1. The van der Waals surface area contributed by atoms with Crippen molar-refractivity contribution in [1.82, 2.24) is 15.2 Å². The number of aromatic nitrogens is 2. The molecule has 1 aromatic heterocycles. The Kier molecular flexibility index (Phi) is 5.55. The second kappa shape index (κ2) is 8.96. The molecule has 0 fully saturated rings. The molecular weight excluding hydrogens is 423 g/mol. The maximum atomic E-state index is 13.1. The van der Waals surface area contributed by atoms with Crippen molar-refractivity contribution in [2.75, 3.05) is 13.2 Å². The number of fused-ring (bicyclic) bond motifs is 1. The van der Waals surface area contributed by atoms with Crippen molar-refractivity contribution in [3.8, 4) is 28.4 Å². The standard InChI is InChI=1S/C25H19FN4O3/c26-20-9-6-17(7-10-20)25(31)28-27-15-19-16-30(21-4-2-1-3-5-21)29-24(19)18-8-11-22-23(14-18)33-13-12-32-22/h1-11,14-16H,12-13H2,(H,28,31). The third kappa shape index (κ3) is 4.45. The number of ether oxygens (including phenoxy) is 2. The molecule has 0 unspecified atom stereocenters. The Morgan fingerprint density at radius 1 is 1.00 bits per heavy atom. The summed E-state index contributed by atoms with van der Waals surface area (Å²) in [4.78, 5) is 12.3. The highest BCUT2D eigenvalue weighted by molar-refractivity contribution is 5.95. The van der Waals surface area contributed by atoms with Crippen LogP contribution in [-0.4, -0.2) is 35.1 Å². The minimum atomic E-state index is -0.442. The van der Waals surface area contributed by atoms with Crippen LogP contribution in [0.2, 0.25) is 0 Å². The predicted molar refractivity (Wildman–Crippen MR) is 121 cm³/mol. The number of hydrogen-bond acceptors (Lipinski definition) is 5. The lowest BCUT2D eigenvalue weighted by Crippen LogP contribution is -2.17. The maximum absolute atomic E-state index is 13.1. The number of nitrogens with one attached hydrogen (secondary N) is 1. The molecule has 2 heterocycles. The van der Waals surface area contributed by atoms with Gasteiger partial charge in [0.2, 0.25) is 0 Å². The number of carbonyl (C=O) groups excluding carboxylic acids is 1. The van der Waals surface area contributed by atoms with Crippen LogP contribution in [-0.2, 0) is 0 Å². The smallest absolute Gasteiger partial charge is 0.271 e. The molecule has 0 spiro atoms. The molecule has 7 nitrogen and oxygen atoms in total. The van der Waals surface area contributed by atoms with Crippen LogP contribution in [0, 0.1) is 5.82 Å². The number of rotatable bonds is 5. The van der Waals surface area contributed by atoms with Crippen molar-refractivity contribution in [3.05, 3.63) is 95.9 Å². The van der Waals surface area contributed by atoms with Gasteiger partial charge in [0.15, 0.2) is 11.5 Å². The average Bonchev–Trinajstić information content (AvgIpc) is 3.29. The van der Waals surface area contributed by atoms with E-state index in [-0.39, 0.29) is 0 Å². The number of carbonyl (C=O) groups is 1. The quantitative estimate of drug-likeness (QED) is 0.371. The molecule has 1 amide bonds. The van der Waals surface area contributed by atoms with Gasteiger partial charge < -0.3 is 9.47 Å². The van der Waals surface area contributed by atoms with Gasteiger partial charge in [-0.2, -0.15) is 10.2 Å². The summed E-state index contributed by atoms with van der Waals surface area (Å²) in [6.45, 7) is 0.999. The number of hydrogen-bond donors (Lipinski definition) is 1. The number of para-hydroxylation sites is 1. The number of nitrogens with zero attached hydrogens (tertiary/aromatic N) is 3. The van der Waals surface area contributed by atoms with E-state index >= 15 is 0 Å². The molecule has 8 heteroatoms. The molecule has 1 N–H and O–H groups in total. The summed E-state index contributed by atoms with van der Waals surface area (Å²) in [5.74, 6) is 0.491. The van der Waals surface area contributed by atoms with Crippen molar-refractivity contribution >= 4 is 12.1 Å². The summed E-state index contributed by atoms with van der Waals surface area (Å²) in [5.41, 5.74) is 5.83. The summed E-state index contributed by atoms with van der Waals surface area (Å²) in [6.07, 6.45) is 3.36. The van der Waals surface area contributed by atoms with Crippen LogP contribution >= 0.6 is 0 Å². The number of hydrazone groups is 1.